The lowest BCUT2D eigenvalue weighted by molar-refractivity contribution is -0.123. The van der Waals surface area contributed by atoms with E-state index in [1.54, 1.807) is 6.26 Å². The van der Waals surface area contributed by atoms with Crippen LogP contribution in [0.3, 0.4) is 0 Å². The predicted octanol–water partition coefficient (Wildman–Crippen LogP) is 2.62. The smallest absolute Gasteiger partial charge is 0.237 e. The molecular formula is C14H24N2O2. The number of nitrogens with one attached hydrogen (secondary N) is 2. The van der Waals surface area contributed by atoms with Crippen molar-refractivity contribution in [1.82, 2.24) is 10.6 Å². The fourth-order valence-electron chi connectivity index (χ4n) is 1.89. The van der Waals surface area contributed by atoms with Crippen LogP contribution in [0.15, 0.2) is 22.8 Å². The third-order valence-electron chi connectivity index (χ3n) is 3.20. The molecule has 4 nitrogen and oxygen atoms in total. The van der Waals surface area contributed by atoms with Crippen LogP contribution in [0.25, 0.3) is 0 Å². The molecule has 0 radical (unpaired) electrons. The topological polar surface area (TPSA) is 54.3 Å². The van der Waals surface area contributed by atoms with E-state index < -0.39 is 0 Å². The summed E-state index contributed by atoms with van der Waals surface area (Å²) >= 11 is 0. The van der Waals surface area contributed by atoms with Crippen molar-refractivity contribution in [3.8, 4) is 0 Å². The summed E-state index contributed by atoms with van der Waals surface area (Å²) in [5.41, 5.74) is 0. The molecule has 18 heavy (non-hydrogen) atoms. The van der Waals surface area contributed by atoms with Crippen LogP contribution in [0.1, 0.15) is 52.3 Å². The molecule has 1 rings (SSSR count). The standard InChI is InChI=1S/C14H24N2O2/c1-5-12(6-2)16-14(17)11(4)15-10(3)13-8-7-9-18-13/h7-12,15H,5-6H2,1-4H3,(H,16,17)/t10-,11?/m0/s1. The van der Waals surface area contributed by atoms with Gasteiger partial charge in [0.15, 0.2) is 0 Å². The van der Waals surface area contributed by atoms with E-state index in [1.807, 2.05) is 26.0 Å². The van der Waals surface area contributed by atoms with Gasteiger partial charge in [0.1, 0.15) is 5.76 Å². The zero-order valence-electron chi connectivity index (χ0n) is 11.7. The highest BCUT2D eigenvalue weighted by Gasteiger charge is 2.19. The van der Waals surface area contributed by atoms with Crippen LogP contribution in [-0.2, 0) is 4.79 Å². The van der Waals surface area contributed by atoms with Gasteiger partial charge in [0.25, 0.3) is 0 Å². The average Bonchev–Trinajstić information content (AvgIpc) is 2.89. The maximum absolute atomic E-state index is 12.0. The molecule has 1 amide bonds. The number of carbonyl (C=O) groups excluding carboxylic acids is 1. The third-order valence-corrected chi connectivity index (χ3v) is 3.20. The summed E-state index contributed by atoms with van der Waals surface area (Å²) < 4.78 is 5.31. The van der Waals surface area contributed by atoms with E-state index in [1.165, 1.54) is 0 Å². The van der Waals surface area contributed by atoms with Crippen LogP contribution in [0.5, 0.6) is 0 Å². The molecule has 1 heterocycles. The monoisotopic (exact) mass is 252 g/mol. The van der Waals surface area contributed by atoms with Gasteiger partial charge < -0.3 is 9.73 Å². The molecule has 2 N–H and O–H groups in total. The van der Waals surface area contributed by atoms with Crippen LogP contribution in [0.2, 0.25) is 0 Å². The molecule has 4 heteroatoms. The molecule has 102 valence electrons. The highest BCUT2D eigenvalue weighted by atomic mass is 16.3. The number of amides is 1. The van der Waals surface area contributed by atoms with Gasteiger partial charge in [-0.05, 0) is 38.8 Å². The molecule has 0 aliphatic rings. The van der Waals surface area contributed by atoms with Crippen molar-refractivity contribution >= 4 is 5.91 Å². The van der Waals surface area contributed by atoms with Gasteiger partial charge in [-0.25, -0.2) is 0 Å². The van der Waals surface area contributed by atoms with E-state index in [-0.39, 0.29) is 24.0 Å². The largest absolute Gasteiger partial charge is 0.468 e. The fraction of sp³-hybridized carbons (Fsp3) is 0.643. The molecule has 1 unspecified atom stereocenters. The predicted molar refractivity (Wildman–Crippen MR) is 72.2 cm³/mol. The first-order valence-electron chi connectivity index (χ1n) is 6.68. The van der Waals surface area contributed by atoms with Crippen LogP contribution in [0.4, 0.5) is 0 Å². The van der Waals surface area contributed by atoms with Crippen LogP contribution in [0, 0.1) is 0 Å². The zero-order chi connectivity index (χ0) is 13.5. The maximum Gasteiger partial charge on any atom is 0.237 e. The lowest BCUT2D eigenvalue weighted by atomic mass is 10.1. The molecule has 0 spiro atoms. The number of carbonyl (C=O) groups is 1. The summed E-state index contributed by atoms with van der Waals surface area (Å²) in [6, 6.07) is 3.82. The lowest BCUT2D eigenvalue weighted by Gasteiger charge is -2.21. The molecule has 1 aromatic rings. The number of furan rings is 1. The van der Waals surface area contributed by atoms with E-state index in [2.05, 4.69) is 24.5 Å². The Morgan fingerprint density at radius 1 is 1.33 bits per heavy atom. The summed E-state index contributed by atoms with van der Waals surface area (Å²) in [5, 5.41) is 6.26. The first-order valence-corrected chi connectivity index (χ1v) is 6.68. The summed E-state index contributed by atoms with van der Waals surface area (Å²) in [4.78, 5) is 12.0. The average molecular weight is 252 g/mol. The number of hydrogen-bond donors (Lipinski definition) is 2. The number of rotatable bonds is 7. The van der Waals surface area contributed by atoms with Crippen molar-refractivity contribution in [2.45, 2.75) is 58.7 Å². The van der Waals surface area contributed by atoms with Gasteiger partial charge in [-0.1, -0.05) is 13.8 Å². The summed E-state index contributed by atoms with van der Waals surface area (Å²) in [7, 11) is 0. The van der Waals surface area contributed by atoms with E-state index in [0.717, 1.165) is 18.6 Å². The van der Waals surface area contributed by atoms with Crippen LogP contribution >= 0.6 is 0 Å². The quantitative estimate of drug-likeness (QED) is 0.784. The van der Waals surface area contributed by atoms with Gasteiger partial charge in [-0.15, -0.1) is 0 Å². The first-order chi connectivity index (χ1) is 8.58. The van der Waals surface area contributed by atoms with Gasteiger partial charge in [-0.2, -0.15) is 0 Å². The Hall–Kier alpha value is -1.29. The minimum atomic E-state index is -0.231. The second-order valence-electron chi connectivity index (χ2n) is 4.65. The second-order valence-corrected chi connectivity index (χ2v) is 4.65. The Balaban J connectivity index is 2.44. The molecular weight excluding hydrogens is 228 g/mol. The molecule has 0 aliphatic carbocycles. The van der Waals surface area contributed by atoms with E-state index >= 15 is 0 Å². The SMILES string of the molecule is CCC(CC)NC(=O)C(C)N[C@@H](C)c1ccco1. The van der Waals surface area contributed by atoms with Gasteiger partial charge in [-0.3, -0.25) is 10.1 Å². The molecule has 0 saturated heterocycles. The van der Waals surface area contributed by atoms with E-state index in [4.69, 9.17) is 4.42 Å². The van der Waals surface area contributed by atoms with Crippen LogP contribution < -0.4 is 10.6 Å². The molecule has 0 bridgehead atoms. The van der Waals surface area contributed by atoms with Gasteiger partial charge >= 0.3 is 0 Å². The molecule has 1 aromatic heterocycles. The van der Waals surface area contributed by atoms with E-state index in [0.29, 0.717) is 0 Å². The van der Waals surface area contributed by atoms with E-state index in [9.17, 15) is 4.79 Å². The van der Waals surface area contributed by atoms with Gasteiger partial charge in [0, 0.05) is 6.04 Å². The van der Waals surface area contributed by atoms with Crippen molar-refractivity contribution < 1.29 is 9.21 Å². The lowest BCUT2D eigenvalue weighted by Crippen LogP contribution is -2.46. The fourth-order valence-corrected chi connectivity index (χ4v) is 1.89. The van der Waals surface area contributed by atoms with Crippen LogP contribution in [-0.4, -0.2) is 18.0 Å². The van der Waals surface area contributed by atoms with Crippen molar-refractivity contribution in [1.29, 1.82) is 0 Å². The highest BCUT2D eigenvalue weighted by molar-refractivity contribution is 5.81. The Morgan fingerprint density at radius 3 is 2.50 bits per heavy atom. The first kappa shape index (κ1) is 14.8. The maximum atomic E-state index is 12.0. The minimum absolute atomic E-state index is 0.0300. The molecule has 2 atom stereocenters. The second kappa shape index (κ2) is 7.21. The molecule has 0 saturated carbocycles. The van der Waals surface area contributed by atoms with Crippen molar-refractivity contribution in [3.05, 3.63) is 24.2 Å². The van der Waals surface area contributed by atoms with Gasteiger partial charge in [0.05, 0.1) is 18.3 Å². The summed E-state index contributed by atoms with van der Waals surface area (Å²) in [5.74, 6) is 0.888. The summed E-state index contributed by atoms with van der Waals surface area (Å²) in [6.07, 6.45) is 3.56. The highest BCUT2D eigenvalue weighted by Crippen LogP contribution is 2.13. The normalized spacial score (nSPS) is 14.5. The Morgan fingerprint density at radius 2 is 2.00 bits per heavy atom. The Bertz CT molecular complexity index is 345. The third kappa shape index (κ3) is 4.18. The van der Waals surface area contributed by atoms with Crippen molar-refractivity contribution in [3.63, 3.8) is 0 Å². The Labute approximate surface area is 109 Å². The number of hydrogen-bond acceptors (Lipinski definition) is 3. The minimum Gasteiger partial charge on any atom is -0.468 e. The molecule has 0 aliphatic heterocycles. The zero-order valence-corrected chi connectivity index (χ0v) is 11.7. The Kier molecular flexibility index (Phi) is 5.92. The van der Waals surface area contributed by atoms with Crippen molar-refractivity contribution in [2.24, 2.45) is 0 Å². The van der Waals surface area contributed by atoms with Gasteiger partial charge in [0.2, 0.25) is 5.91 Å². The van der Waals surface area contributed by atoms with Crippen molar-refractivity contribution in [2.75, 3.05) is 0 Å². The molecule has 0 aromatic carbocycles. The molecule has 0 fully saturated rings. The summed E-state index contributed by atoms with van der Waals surface area (Å²) in [6.45, 7) is 8.02.